The fourth-order valence-electron chi connectivity index (χ4n) is 2.75. The molecule has 1 heterocycles. The number of carbonyl (C=O) groups is 1. The molecule has 0 radical (unpaired) electrons. The zero-order valence-electron chi connectivity index (χ0n) is 20.1. The first-order valence-corrected chi connectivity index (χ1v) is 11.3. The molecule has 0 N–H and O–H groups in total. The van der Waals surface area contributed by atoms with Gasteiger partial charge in [-0.05, 0) is 68.6 Å². The summed E-state index contributed by atoms with van der Waals surface area (Å²) in [5.41, 5.74) is 4.70. The van der Waals surface area contributed by atoms with Crippen LogP contribution in [0, 0.1) is 25.2 Å². The summed E-state index contributed by atoms with van der Waals surface area (Å²) in [6.07, 6.45) is 0. The van der Waals surface area contributed by atoms with E-state index in [2.05, 4.69) is 40.4 Å². The van der Waals surface area contributed by atoms with Gasteiger partial charge in [-0.1, -0.05) is 19.7 Å². The minimum atomic E-state index is -0.422. The average molecular weight is 480 g/mol. The van der Waals surface area contributed by atoms with Crippen LogP contribution in [0.3, 0.4) is 0 Å². The standard InChI is InChI=1S/C25H29N5O3S/c1-16(2)20(7)32-12-10-30(11-13-33-25(31)17(3)4)21-8-9-23(18(5)14-21)27-28-24-22(15-26)19(6)29-34-24/h8-9,14H,1,3,7,10-13H2,2,4-6H3/b28-27+. The molecular weight excluding hydrogens is 450 g/mol. The first-order valence-electron chi connectivity index (χ1n) is 10.6. The molecule has 2 aromatic rings. The summed E-state index contributed by atoms with van der Waals surface area (Å²) in [5, 5.41) is 18.3. The molecule has 0 aliphatic carbocycles. The van der Waals surface area contributed by atoms with Crippen molar-refractivity contribution in [3.63, 3.8) is 0 Å². The monoisotopic (exact) mass is 479 g/mol. The third kappa shape index (κ3) is 7.39. The molecule has 0 atom stereocenters. The first-order chi connectivity index (χ1) is 16.1. The van der Waals surface area contributed by atoms with Crippen LogP contribution in [0.4, 0.5) is 16.4 Å². The van der Waals surface area contributed by atoms with Gasteiger partial charge >= 0.3 is 5.97 Å². The summed E-state index contributed by atoms with van der Waals surface area (Å²) >= 11 is 1.14. The molecule has 0 bridgehead atoms. The number of aromatic nitrogens is 1. The number of hydrogen-bond donors (Lipinski definition) is 0. The fraction of sp³-hybridized carbons (Fsp3) is 0.320. The molecule has 0 unspecified atom stereocenters. The van der Waals surface area contributed by atoms with Crippen LogP contribution < -0.4 is 4.90 Å². The van der Waals surface area contributed by atoms with Crippen LogP contribution in [-0.2, 0) is 14.3 Å². The summed E-state index contributed by atoms with van der Waals surface area (Å²) in [6, 6.07) is 7.86. The van der Waals surface area contributed by atoms with Crippen molar-refractivity contribution >= 4 is 33.9 Å². The number of anilines is 1. The minimum absolute atomic E-state index is 0.204. The van der Waals surface area contributed by atoms with Crippen molar-refractivity contribution in [1.82, 2.24) is 4.37 Å². The zero-order valence-corrected chi connectivity index (χ0v) is 20.9. The van der Waals surface area contributed by atoms with E-state index in [0.717, 1.165) is 28.4 Å². The van der Waals surface area contributed by atoms with Crippen LogP contribution in [0.15, 0.2) is 65.1 Å². The van der Waals surface area contributed by atoms with Gasteiger partial charge in [0.25, 0.3) is 0 Å². The molecule has 8 nitrogen and oxygen atoms in total. The van der Waals surface area contributed by atoms with Gasteiger partial charge in [0, 0.05) is 11.3 Å². The lowest BCUT2D eigenvalue weighted by Gasteiger charge is -2.25. The number of ether oxygens (including phenoxy) is 2. The molecular formula is C25H29N5O3S. The van der Waals surface area contributed by atoms with Crippen LogP contribution in [0.5, 0.6) is 0 Å². The lowest BCUT2D eigenvalue weighted by atomic mass is 10.1. The summed E-state index contributed by atoms with van der Waals surface area (Å²) in [6.45, 7) is 20.0. The average Bonchev–Trinajstić information content (AvgIpc) is 3.15. The van der Waals surface area contributed by atoms with E-state index in [1.54, 1.807) is 13.8 Å². The van der Waals surface area contributed by atoms with E-state index in [1.807, 2.05) is 36.9 Å². The molecule has 0 spiro atoms. The number of hydrogen-bond acceptors (Lipinski definition) is 9. The quantitative estimate of drug-likeness (QED) is 0.120. The number of nitrogens with zero attached hydrogens (tertiary/aromatic N) is 5. The Balaban J connectivity index is 2.17. The second kappa shape index (κ2) is 12.5. The first kappa shape index (κ1) is 26.5. The highest BCUT2D eigenvalue weighted by Gasteiger charge is 2.12. The van der Waals surface area contributed by atoms with Gasteiger partial charge in [-0.15, -0.1) is 10.2 Å². The second-order valence-electron chi connectivity index (χ2n) is 7.69. The van der Waals surface area contributed by atoms with Crippen molar-refractivity contribution in [2.24, 2.45) is 10.2 Å². The Morgan fingerprint density at radius 1 is 1.12 bits per heavy atom. The number of carbonyl (C=O) groups excluding carboxylic acids is 1. The molecule has 9 heteroatoms. The molecule has 0 aliphatic rings. The van der Waals surface area contributed by atoms with Gasteiger partial charge < -0.3 is 14.4 Å². The smallest absolute Gasteiger partial charge is 0.333 e. The summed E-state index contributed by atoms with van der Waals surface area (Å²) < 4.78 is 15.1. The van der Waals surface area contributed by atoms with E-state index in [4.69, 9.17) is 9.47 Å². The summed E-state index contributed by atoms with van der Waals surface area (Å²) in [5.74, 6) is 0.115. The van der Waals surface area contributed by atoms with Crippen LogP contribution in [0.2, 0.25) is 0 Å². The maximum absolute atomic E-state index is 11.7. The normalized spacial score (nSPS) is 10.6. The van der Waals surface area contributed by atoms with E-state index >= 15 is 0 Å². The predicted octanol–water partition coefficient (Wildman–Crippen LogP) is 6.08. The Morgan fingerprint density at radius 3 is 2.38 bits per heavy atom. The fourth-order valence-corrected chi connectivity index (χ4v) is 3.42. The van der Waals surface area contributed by atoms with E-state index in [-0.39, 0.29) is 6.61 Å². The number of esters is 1. The SMILES string of the molecule is C=C(C)C(=C)OCCN(CCOC(=O)C(=C)C)c1ccc(/N=N/c2snc(C)c2C#N)c(C)c1. The number of azo groups is 1. The van der Waals surface area contributed by atoms with Crippen molar-refractivity contribution in [2.45, 2.75) is 27.7 Å². The van der Waals surface area contributed by atoms with E-state index in [0.29, 0.717) is 53.0 Å². The Hall–Kier alpha value is -3.77. The molecule has 0 amide bonds. The number of rotatable bonds is 12. The Morgan fingerprint density at radius 2 is 1.79 bits per heavy atom. The van der Waals surface area contributed by atoms with Gasteiger partial charge in [0.15, 0.2) is 5.00 Å². The number of nitriles is 1. The Bertz CT molecular complexity index is 1130. The Labute approximate surface area is 204 Å². The molecule has 0 aliphatic heterocycles. The van der Waals surface area contributed by atoms with Crippen LogP contribution in [-0.4, -0.2) is 36.6 Å². The molecule has 34 heavy (non-hydrogen) atoms. The summed E-state index contributed by atoms with van der Waals surface area (Å²) in [4.78, 5) is 13.8. The maximum atomic E-state index is 11.7. The molecule has 0 saturated heterocycles. The van der Waals surface area contributed by atoms with Crippen molar-refractivity contribution < 1.29 is 14.3 Å². The number of benzene rings is 1. The number of allylic oxidation sites excluding steroid dienone is 1. The van der Waals surface area contributed by atoms with Crippen molar-refractivity contribution in [2.75, 3.05) is 31.2 Å². The highest BCUT2D eigenvalue weighted by Crippen LogP contribution is 2.31. The van der Waals surface area contributed by atoms with Gasteiger partial charge in [0.2, 0.25) is 0 Å². The third-order valence-electron chi connectivity index (χ3n) is 4.81. The van der Waals surface area contributed by atoms with Gasteiger partial charge in [0.1, 0.15) is 30.6 Å². The van der Waals surface area contributed by atoms with Crippen molar-refractivity contribution in [3.8, 4) is 6.07 Å². The Kier molecular flexibility index (Phi) is 9.71. The van der Waals surface area contributed by atoms with E-state index in [9.17, 15) is 10.1 Å². The van der Waals surface area contributed by atoms with Crippen molar-refractivity contribution in [1.29, 1.82) is 5.26 Å². The molecule has 178 valence electrons. The van der Waals surface area contributed by atoms with Gasteiger partial charge in [-0.2, -0.15) is 9.64 Å². The minimum Gasteiger partial charge on any atom is -0.492 e. The maximum Gasteiger partial charge on any atom is 0.333 e. The highest BCUT2D eigenvalue weighted by atomic mass is 32.1. The van der Waals surface area contributed by atoms with Gasteiger partial charge in [-0.25, -0.2) is 4.79 Å². The zero-order chi connectivity index (χ0) is 25.3. The highest BCUT2D eigenvalue weighted by molar-refractivity contribution is 7.10. The van der Waals surface area contributed by atoms with E-state index in [1.165, 1.54) is 0 Å². The second-order valence-corrected chi connectivity index (χ2v) is 8.44. The van der Waals surface area contributed by atoms with E-state index < -0.39 is 5.97 Å². The van der Waals surface area contributed by atoms with Gasteiger partial charge in [-0.3, -0.25) is 0 Å². The largest absolute Gasteiger partial charge is 0.492 e. The lowest BCUT2D eigenvalue weighted by molar-refractivity contribution is -0.138. The van der Waals surface area contributed by atoms with Gasteiger partial charge in [0.05, 0.1) is 24.5 Å². The third-order valence-corrected chi connectivity index (χ3v) is 5.63. The summed E-state index contributed by atoms with van der Waals surface area (Å²) in [7, 11) is 0. The van der Waals surface area contributed by atoms with Crippen LogP contribution in [0.1, 0.15) is 30.7 Å². The van der Waals surface area contributed by atoms with Crippen molar-refractivity contribution in [3.05, 3.63) is 71.7 Å². The molecule has 1 aromatic heterocycles. The topological polar surface area (TPSA) is 100 Å². The van der Waals surface area contributed by atoms with Crippen LogP contribution >= 0.6 is 11.5 Å². The van der Waals surface area contributed by atoms with Crippen LogP contribution in [0.25, 0.3) is 0 Å². The molecule has 0 saturated carbocycles. The number of aryl methyl sites for hydroxylation is 2. The molecule has 0 fully saturated rings. The lowest BCUT2D eigenvalue weighted by Crippen LogP contribution is -2.31. The molecule has 1 aromatic carbocycles. The predicted molar refractivity (Wildman–Crippen MR) is 135 cm³/mol. The molecule has 2 rings (SSSR count).